The molecule has 2 aliphatic heterocycles. The van der Waals surface area contributed by atoms with E-state index in [1.165, 1.54) is 22.3 Å². The highest BCUT2D eigenvalue weighted by atomic mass is 16.5. The fourth-order valence-electron chi connectivity index (χ4n) is 18.2. The van der Waals surface area contributed by atoms with Gasteiger partial charge in [0.2, 0.25) is 0 Å². The van der Waals surface area contributed by atoms with Crippen molar-refractivity contribution in [2.24, 2.45) is 0 Å². The molecule has 1 unspecified atom stereocenters. The molecular formula is C100H56N6O2. The lowest BCUT2D eigenvalue weighted by Crippen LogP contribution is -2.32. The van der Waals surface area contributed by atoms with Crippen LogP contribution in [0.25, 0.3) is 144 Å². The van der Waals surface area contributed by atoms with E-state index < -0.39 is 10.8 Å². The van der Waals surface area contributed by atoms with Gasteiger partial charge in [-0.05, 0) is 169 Å². The molecule has 2 aliphatic carbocycles. The van der Waals surface area contributed by atoms with E-state index in [-0.39, 0.29) is 0 Å². The molecule has 0 fully saturated rings. The summed E-state index contributed by atoms with van der Waals surface area (Å²) in [5, 5.41) is 23.9. The first kappa shape index (κ1) is 60.8. The summed E-state index contributed by atoms with van der Waals surface area (Å²) < 4.78 is 14.7. The van der Waals surface area contributed by atoms with Crippen molar-refractivity contribution in [3.63, 3.8) is 0 Å². The Balaban J connectivity index is 0.731. The molecule has 0 bridgehead atoms. The van der Waals surface area contributed by atoms with Crippen LogP contribution in [0, 0.1) is 22.7 Å². The van der Waals surface area contributed by atoms with Crippen LogP contribution in [0.4, 0.5) is 0 Å². The van der Waals surface area contributed by atoms with Gasteiger partial charge in [-0.1, -0.05) is 243 Å². The molecule has 18 aromatic rings. The van der Waals surface area contributed by atoms with E-state index in [2.05, 4.69) is 285 Å². The number of hydrogen-bond acceptors (Lipinski definition) is 8. The zero-order chi connectivity index (χ0) is 71.3. The maximum absolute atomic E-state index is 10.1. The predicted molar refractivity (Wildman–Crippen MR) is 430 cm³/mol. The minimum absolute atomic E-state index is 0.563. The van der Waals surface area contributed by atoms with E-state index in [9.17, 15) is 10.5 Å². The molecule has 1 atom stereocenters. The Labute approximate surface area is 621 Å². The van der Waals surface area contributed by atoms with Crippen molar-refractivity contribution < 1.29 is 9.47 Å². The Kier molecular flexibility index (Phi) is 13.2. The number of ether oxygens (including phenoxy) is 2. The van der Waals surface area contributed by atoms with Crippen LogP contribution in [0.15, 0.2) is 340 Å². The molecule has 14 aromatic carbocycles. The van der Waals surface area contributed by atoms with Crippen molar-refractivity contribution in [3.05, 3.63) is 395 Å². The lowest BCUT2D eigenvalue weighted by atomic mass is 9.65. The molecular weight excluding hydrogens is 1320 g/mol. The minimum atomic E-state index is -0.829. The van der Waals surface area contributed by atoms with Crippen LogP contribution >= 0.6 is 0 Å². The van der Waals surface area contributed by atoms with E-state index in [1.54, 1.807) is 0 Å². The zero-order valence-corrected chi connectivity index (χ0v) is 57.8. The third kappa shape index (κ3) is 8.83. The van der Waals surface area contributed by atoms with Gasteiger partial charge >= 0.3 is 0 Å². The van der Waals surface area contributed by atoms with Crippen LogP contribution in [0.3, 0.4) is 0 Å². The third-order valence-corrected chi connectivity index (χ3v) is 22.9. The minimum Gasteiger partial charge on any atom is -0.456 e. The average Bonchev–Trinajstić information content (AvgIpc) is 1.62. The maximum Gasteiger partial charge on any atom is 0.140 e. The van der Waals surface area contributed by atoms with E-state index in [1.807, 2.05) is 66.9 Å². The highest BCUT2D eigenvalue weighted by Gasteiger charge is 2.53. The van der Waals surface area contributed by atoms with E-state index in [0.717, 1.165) is 189 Å². The predicted octanol–water partition coefficient (Wildman–Crippen LogP) is 24.2. The number of aromatic nitrogens is 4. The highest BCUT2D eigenvalue weighted by Crippen LogP contribution is 2.66. The molecule has 0 radical (unpaired) electrons. The first-order chi connectivity index (χ1) is 53.4. The van der Waals surface area contributed by atoms with Gasteiger partial charge in [0.1, 0.15) is 23.0 Å². The second-order valence-electron chi connectivity index (χ2n) is 28.4. The molecule has 0 saturated carbocycles. The van der Waals surface area contributed by atoms with Crippen molar-refractivity contribution in [1.29, 1.82) is 10.5 Å². The Morgan fingerprint density at radius 1 is 0.250 bits per heavy atom. The van der Waals surface area contributed by atoms with Gasteiger partial charge in [0.05, 0.1) is 73.2 Å². The summed E-state index contributed by atoms with van der Waals surface area (Å²) in [7, 11) is 0. The first-order valence-electron chi connectivity index (χ1n) is 36.3. The van der Waals surface area contributed by atoms with E-state index in [4.69, 9.17) is 29.4 Å². The van der Waals surface area contributed by atoms with Gasteiger partial charge in [-0.2, -0.15) is 10.5 Å². The van der Waals surface area contributed by atoms with E-state index >= 15 is 0 Å². The van der Waals surface area contributed by atoms with Gasteiger partial charge < -0.3 is 9.47 Å². The summed E-state index contributed by atoms with van der Waals surface area (Å²) in [6.07, 6.45) is 1.83. The molecule has 22 rings (SSSR count). The molecule has 0 saturated heterocycles. The van der Waals surface area contributed by atoms with Crippen molar-refractivity contribution in [3.8, 4) is 136 Å². The largest absolute Gasteiger partial charge is 0.456 e. The monoisotopic (exact) mass is 1370 g/mol. The number of para-hydroxylation sites is 4. The van der Waals surface area contributed by atoms with Gasteiger partial charge in [-0.3, -0.25) is 4.98 Å². The molecule has 8 heteroatoms. The van der Waals surface area contributed by atoms with Crippen molar-refractivity contribution in [2.45, 2.75) is 10.8 Å². The van der Waals surface area contributed by atoms with Crippen LogP contribution in [0.1, 0.15) is 55.6 Å². The smallest absolute Gasteiger partial charge is 0.140 e. The topological polar surface area (TPSA) is 118 Å². The van der Waals surface area contributed by atoms with Crippen LogP contribution in [-0.4, -0.2) is 19.9 Å². The van der Waals surface area contributed by atoms with Crippen LogP contribution < -0.4 is 9.47 Å². The summed E-state index contributed by atoms with van der Waals surface area (Å²) >= 11 is 0. The second kappa shape index (κ2) is 23.4. The van der Waals surface area contributed by atoms with Crippen molar-refractivity contribution in [2.75, 3.05) is 0 Å². The van der Waals surface area contributed by atoms with Gasteiger partial charge in [0, 0.05) is 77.8 Å². The lowest BCUT2D eigenvalue weighted by molar-refractivity contribution is 0.438. The highest BCUT2D eigenvalue weighted by molar-refractivity contribution is 6.11. The Morgan fingerprint density at radius 2 is 0.704 bits per heavy atom. The Hall–Kier alpha value is -14.7. The second-order valence-corrected chi connectivity index (χ2v) is 28.4. The quantitative estimate of drug-likeness (QED) is 0.145. The number of rotatable bonds is 7. The number of fused-ring (bicyclic) bond motifs is 24. The standard InChI is InChI=1S/C100H56N6O2/c101-57-59-35-37-61(38-36-59)69-52-70(54-71(53-69)89-48-44-63-40-39-62-20-15-49-103-93(62)94(63)105-89)73-25-14-32-87-98(73)108-92-34-10-8-30-85(92)100(87)82-28-6-3-23-76(82)79-55-66(42-46-83(79)100)78-56-90(106-96-77(78)45-41-64-43-47-88(104-95(64)96)67-18-11-16-60(50-67)58-102)68-19-12-17-65(51-68)72-24-13-31-86-97(72)107-91-33-9-7-29-84(91)99(86)80-26-4-1-21-74(80)75-22-2-5-27-81(75)99/h1-56H. The van der Waals surface area contributed by atoms with Crippen molar-refractivity contribution >= 4 is 43.6 Å². The van der Waals surface area contributed by atoms with Crippen LogP contribution in [-0.2, 0) is 10.8 Å². The fourth-order valence-corrected chi connectivity index (χ4v) is 18.2. The average molecular weight is 1370 g/mol. The number of nitriles is 2. The molecule has 4 aromatic heterocycles. The first-order valence-corrected chi connectivity index (χ1v) is 36.3. The van der Waals surface area contributed by atoms with Gasteiger partial charge in [0.15, 0.2) is 0 Å². The number of pyridine rings is 4. The summed E-state index contributed by atoms with van der Waals surface area (Å²) in [6.45, 7) is 0. The molecule has 498 valence electrons. The SMILES string of the molecule is N#Cc1ccc(-c2cc(-c3ccc4ccc5cccnc5c4n3)cc(-c3cccc4c3Oc3ccccc3C43c4ccccc4-c4cc(-c5cc(-c6cccc(-c7cccc8c7Oc7ccccc7C87c8ccccc8-c8ccccc87)c6)nc6c5ccc5ccc(-c7cccc(C#N)c7)nc56)ccc43)c2)cc1. The summed E-state index contributed by atoms with van der Waals surface area (Å²) in [4.78, 5) is 21.4. The maximum atomic E-state index is 10.1. The normalized spacial score (nSPS) is 14.2. The Bertz CT molecular complexity index is 7020. The van der Waals surface area contributed by atoms with E-state index in [0.29, 0.717) is 11.1 Å². The molecule has 6 heterocycles. The molecule has 0 N–H and O–H groups in total. The zero-order valence-electron chi connectivity index (χ0n) is 57.8. The number of hydrogen-bond donors (Lipinski definition) is 0. The lowest BCUT2D eigenvalue weighted by Gasteiger charge is -2.40. The summed E-state index contributed by atoms with van der Waals surface area (Å²) in [5.41, 5.74) is 29.5. The van der Waals surface area contributed by atoms with Crippen LogP contribution in [0.5, 0.6) is 23.0 Å². The fraction of sp³-hybridized carbons (Fsp3) is 0.0200. The summed E-state index contributed by atoms with van der Waals surface area (Å²) in [5.74, 6) is 3.19. The molecule has 4 aliphatic rings. The molecule has 8 nitrogen and oxygen atoms in total. The van der Waals surface area contributed by atoms with Gasteiger partial charge in [-0.25, -0.2) is 15.0 Å². The van der Waals surface area contributed by atoms with Crippen LogP contribution in [0.2, 0.25) is 0 Å². The van der Waals surface area contributed by atoms with Gasteiger partial charge in [-0.15, -0.1) is 0 Å². The van der Waals surface area contributed by atoms with Gasteiger partial charge in [0.25, 0.3) is 0 Å². The van der Waals surface area contributed by atoms with Crippen molar-refractivity contribution in [1.82, 2.24) is 19.9 Å². The number of benzene rings is 14. The number of nitrogens with zero attached hydrogens (tertiary/aromatic N) is 6. The third-order valence-electron chi connectivity index (χ3n) is 22.9. The molecule has 0 amide bonds. The molecule has 108 heavy (non-hydrogen) atoms. The molecule has 2 spiro atoms. The summed E-state index contributed by atoms with van der Waals surface area (Å²) in [6, 6.07) is 123. The Morgan fingerprint density at radius 3 is 1.36 bits per heavy atom.